The molecule has 0 aliphatic carbocycles. The van der Waals surface area contributed by atoms with E-state index in [2.05, 4.69) is 11.2 Å². The first-order valence-corrected chi connectivity index (χ1v) is 14.8. The molecule has 4 N–H and O–H groups in total. The minimum atomic E-state index is -8.95. The molecule has 49 heavy (non-hydrogen) atoms. The van der Waals surface area contributed by atoms with Crippen molar-refractivity contribution in [2.24, 2.45) is 0 Å². The second-order valence-corrected chi connectivity index (χ2v) is 13.0. The van der Waals surface area contributed by atoms with Crippen molar-refractivity contribution in [3.05, 3.63) is 34.7 Å². The van der Waals surface area contributed by atoms with Crippen LogP contribution in [0.15, 0.2) is 10.7 Å². The summed E-state index contributed by atoms with van der Waals surface area (Å²) in [6.45, 7) is -2.33. The monoisotopic (exact) mass is 831 g/mol. The smallest absolute Gasteiger partial charge is 0.395 e. The Labute approximate surface area is 260 Å². The number of aliphatic hydroxyl groups excluding tert-OH is 1. The van der Waals surface area contributed by atoms with Gasteiger partial charge in [-0.2, -0.15) is 65.9 Å². The molecule has 0 aliphatic rings. The Hall–Kier alpha value is -2.11. The number of halogens is 21. The summed E-state index contributed by atoms with van der Waals surface area (Å²) in [6.07, 6.45) is -7.98. The van der Waals surface area contributed by atoms with Gasteiger partial charge < -0.3 is 19.8 Å². The fourth-order valence-corrected chi connectivity index (χ4v) is 4.90. The molecule has 0 heterocycles. The average Bonchev–Trinajstić information content (AvgIpc) is 2.90. The Morgan fingerprint density at radius 1 is 0.694 bits per heavy atom. The number of hydrogen-bond donors (Lipinski definition) is 4. The fraction of sp³-hybridized carbons (Fsp3) is 0.556. The van der Waals surface area contributed by atoms with E-state index < -0.39 is 117 Å². The van der Waals surface area contributed by atoms with E-state index in [1.54, 1.807) is 0 Å². The first-order chi connectivity index (χ1) is 21.2. The molecule has 0 saturated heterocycles. The Kier molecular flexibility index (Phi) is 13.5. The van der Waals surface area contributed by atoms with Crippen LogP contribution in [0.4, 0.5) is 92.2 Å². The van der Waals surface area contributed by atoms with E-state index >= 15 is 0 Å². The zero-order chi connectivity index (χ0) is 40.1. The maximum atomic E-state index is 14.7. The van der Waals surface area contributed by atoms with Crippen molar-refractivity contribution in [1.82, 2.24) is 4.31 Å². The van der Waals surface area contributed by atoms with Gasteiger partial charge in [-0.25, -0.2) is 39.4 Å². The minimum Gasteiger partial charge on any atom is -0.395 e. The van der Waals surface area contributed by atoms with Gasteiger partial charge in [-0.15, -0.1) is 0 Å². The number of likely N-dealkylation sites (N-methyl/N-ethyl adjacent to an activating group) is 1. The molecule has 0 amide bonds. The summed E-state index contributed by atoms with van der Waals surface area (Å²) in [5.74, 6) is -74.8. The van der Waals surface area contributed by atoms with Gasteiger partial charge in [0.05, 0.1) is 12.2 Å². The molecule has 0 aliphatic heterocycles. The maximum absolute atomic E-state index is 14.7. The van der Waals surface area contributed by atoms with E-state index in [-0.39, 0.29) is 4.31 Å². The molecule has 7 nitrogen and oxygen atoms in total. The highest BCUT2D eigenvalue weighted by atomic mass is 32.8. The topological polar surface area (TPSA) is 118 Å². The second-order valence-electron chi connectivity index (χ2n) is 8.60. The molecule has 0 spiro atoms. The summed E-state index contributed by atoms with van der Waals surface area (Å²) in [7, 11) is -9.69. The third-order valence-electron chi connectivity index (χ3n) is 5.32. The van der Waals surface area contributed by atoms with Gasteiger partial charge in [0, 0.05) is 24.8 Å². The Morgan fingerprint density at radius 2 is 1.02 bits per heavy atom. The summed E-state index contributed by atoms with van der Waals surface area (Å²) in [5, 5.41) is 8.79. The molecule has 0 aromatic heterocycles. The SMILES string of the molecule is CN(CCO)S(=O)(=S)c1c(F)c(F)c(F)c(F)c1C(F)=C(F)C(F)(F)C(F)(F)C(F)(F)C(F)(F)C(F)(F)C(F)(F)C(F)(F)F.O=P(O)(O)O. The van der Waals surface area contributed by atoms with Crippen molar-refractivity contribution in [3.8, 4) is 0 Å². The molecular weight excluding hydrogens is 820 g/mol. The Balaban J connectivity index is 0.00000427. The number of aliphatic hydroxyl groups is 1. The molecule has 288 valence electrons. The van der Waals surface area contributed by atoms with Crippen LogP contribution >= 0.6 is 7.82 Å². The van der Waals surface area contributed by atoms with Gasteiger partial charge in [0.15, 0.2) is 29.1 Å². The standard InChI is InChI=1S/C18H8F21NO2S2.H3O4P/c1-40(2-3-41)44(42,43)10-4(5(19)7(21)8(22)9(10)23)6(20)11(24)12(25,26)13(27,28)14(29,30)15(31,32)16(33,34)17(35,36)18(37,38)39;1-5(2,3)4/h41H,2-3H2,1H3;(H3,1,2,3,4). The van der Waals surface area contributed by atoms with E-state index in [0.29, 0.717) is 7.05 Å². The zero-order valence-electron chi connectivity index (χ0n) is 22.2. The second kappa shape index (κ2) is 14.1. The molecule has 0 bridgehead atoms. The molecule has 1 unspecified atom stereocenters. The molecule has 0 radical (unpaired) electrons. The number of alkyl halides is 15. The number of rotatable bonds is 11. The molecule has 1 aromatic rings. The first-order valence-electron chi connectivity index (χ1n) is 10.8. The third-order valence-corrected chi connectivity index (χ3v) is 8.49. The molecule has 0 fully saturated rings. The van der Waals surface area contributed by atoms with Crippen LogP contribution in [-0.4, -0.2) is 90.2 Å². The molecule has 1 rings (SSSR count). The highest BCUT2D eigenvalue weighted by molar-refractivity contribution is 8.31. The molecule has 1 aromatic carbocycles. The van der Waals surface area contributed by atoms with Crippen LogP contribution in [0, 0.1) is 23.3 Å². The largest absolute Gasteiger partial charge is 0.466 e. The number of allylic oxidation sites excluding steroid dienone is 1. The van der Waals surface area contributed by atoms with Crippen LogP contribution in [0.3, 0.4) is 0 Å². The van der Waals surface area contributed by atoms with Gasteiger partial charge in [0.2, 0.25) is 5.83 Å². The summed E-state index contributed by atoms with van der Waals surface area (Å²) in [4.78, 5) is 18.8. The summed E-state index contributed by atoms with van der Waals surface area (Å²) < 4.78 is 307. The number of nitrogens with zero attached hydrogens (tertiary/aromatic N) is 1. The highest BCUT2D eigenvalue weighted by Crippen LogP contribution is 2.63. The quantitative estimate of drug-likeness (QED) is 0.0904. The van der Waals surface area contributed by atoms with Crippen molar-refractivity contribution in [2.75, 3.05) is 20.2 Å². The number of hydrogen-bond acceptors (Lipinski definition) is 4. The third kappa shape index (κ3) is 8.03. The molecule has 0 saturated carbocycles. The van der Waals surface area contributed by atoms with Crippen LogP contribution < -0.4 is 0 Å². The van der Waals surface area contributed by atoms with E-state index in [1.165, 1.54) is 0 Å². The lowest BCUT2D eigenvalue weighted by atomic mass is 9.90. The van der Waals surface area contributed by atoms with E-state index in [1.807, 2.05) is 0 Å². The predicted octanol–water partition coefficient (Wildman–Crippen LogP) is 6.24. The van der Waals surface area contributed by atoms with Crippen molar-refractivity contribution in [3.63, 3.8) is 0 Å². The fourth-order valence-electron chi connectivity index (χ4n) is 2.82. The van der Waals surface area contributed by atoms with Crippen LogP contribution in [-0.2, 0) is 24.4 Å². The Morgan fingerprint density at radius 3 is 1.37 bits per heavy atom. The van der Waals surface area contributed by atoms with Crippen LogP contribution in [0.5, 0.6) is 0 Å². The van der Waals surface area contributed by atoms with Gasteiger partial charge >= 0.3 is 49.5 Å². The van der Waals surface area contributed by atoms with Gasteiger partial charge in [-0.1, -0.05) is 0 Å². The van der Waals surface area contributed by atoms with Crippen molar-refractivity contribution in [2.45, 2.75) is 46.6 Å². The molecule has 31 heteroatoms. The zero-order valence-corrected chi connectivity index (χ0v) is 24.7. The lowest BCUT2D eigenvalue weighted by Gasteiger charge is -2.41. The molecule has 1 atom stereocenters. The van der Waals surface area contributed by atoms with Crippen LogP contribution in [0.1, 0.15) is 5.56 Å². The summed E-state index contributed by atoms with van der Waals surface area (Å²) in [6, 6.07) is 0. The van der Waals surface area contributed by atoms with Gasteiger partial charge in [-0.3, -0.25) is 0 Å². The lowest BCUT2D eigenvalue weighted by Crippen LogP contribution is -2.72. The maximum Gasteiger partial charge on any atom is 0.466 e. The summed E-state index contributed by atoms with van der Waals surface area (Å²) in [5.41, 5.74) is -3.34. The van der Waals surface area contributed by atoms with Crippen LogP contribution in [0.2, 0.25) is 0 Å². The predicted molar refractivity (Wildman–Crippen MR) is 119 cm³/mol. The van der Waals surface area contributed by atoms with Gasteiger partial charge in [0.1, 0.15) is 13.6 Å². The summed E-state index contributed by atoms with van der Waals surface area (Å²) >= 11 is 4.16. The molecular formula is C18H11F21NO6PS2. The van der Waals surface area contributed by atoms with Crippen molar-refractivity contribution < 1.29 is 121 Å². The number of benzene rings is 1. The van der Waals surface area contributed by atoms with E-state index in [0.717, 1.165) is 0 Å². The van der Waals surface area contributed by atoms with Gasteiger partial charge in [0.25, 0.3) is 0 Å². The van der Waals surface area contributed by atoms with Crippen LogP contribution in [0.25, 0.3) is 5.83 Å². The van der Waals surface area contributed by atoms with E-state index in [4.69, 9.17) is 24.4 Å². The van der Waals surface area contributed by atoms with Crippen molar-refractivity contribution in [1.29, 1.82) is 0 Å². The normalized spacial score (nSPS) is 16.2. The highest BCUT2D eigenvalue weighted by Gasteiger charge is 2.93. The van der Waals surface area contributed by atoms with E-state index in [9.17, 15) is 96.4 Å². The van der Waals surface area contributed by atoms with Crippen molar-refractivity contribution >= 4 is 33.5 Å². The minimum absolute atomic E-state index is 0.128. The average molecular weight is 831 g/mol. The number of phosphoric acid groups is 1. The Bertz CT molecular complexity index is 1580. The first kappa shape index (κ1) is 46.9. The van der Waals surface area contributed by atoms with Gasteiger partial charge in [-0.05, 0) is 0 Å². The lowest BCUT2D eigenvalue weighted by molar-refractivity contribution is -0.450.